The Morgan fingerprint density at radius 3 is 1.52 bits per heavy atom. The van der Waals surface area contributed by atoms with Crippen LogP contribution in [0.15, 0.2) is 104 Å². The quantitative estimate of drug-likeness (QED) is 0.0177. The first-order chi connectivity index (χ1) is 31.5. The van der Waals surface area contributed by atoms with Crippen LogP contribution in [0, 0.1) is 23.7 Å². The molecule has 2 aliphatic rings. The molecule has 8 heteroatoms. The molecular weight excluding hydrogens is 809 g/mol. The summed E-state index contributed by atoms with van der Waals surface area (Å²) < 4.78 is 12.3. The molecule has 0 heterocycles. The third-order valence-electron chi connectivity index (χ3n) is 13.8. The number of ketones is 2. The molecule has 65 heavy (non-hydrogen) atoms. The molecule has 0 bridgehead atoms. The molecule has 0 radical (unpaired) electrons. The zero-order valence-corrected chi connectivity index (χ0v) is 39.1. The molecule has 0 spiro atoms. The van der Waals surface area contributed by atoms with Crippen LogP contribution < -0.4 is 20.9 Å². The SMILES string of the molecule is C=CCCCCCCC1CCC(COc2ccc(C=CC(=O)CC(c3ccc(N)cc3N)C(O)(O)C(=O)C=Cc3ccc(OCC4CCC(CCCCCCC=C)CC4)cc3)cc2)CC1. The van der Waals surface area contributed by atoms with Gasteiger partial charge in [0, 0.05) is 17.8 Å². The zero-order valence-electron chi connectivity index (χ0n) is 39.1. The van der Waals surface area contributed by atoms with Crippen LogP contribution in [-0.2, 0) is 9.59 Å². The van der Waals surface area contributed by atoms with E-state index in [1.807, 2.05) is 60.7 Å². The molecule has 0 amide bonds. The van der Waals surface area contributed by atoms with Crippen LogP contribution in [0.25, 0.3) is 12.2 Å². The summed E-state index contributed by atoms with van der Waals surface area (Å²) in [5, 5.41) is 22.9. The third-order valence-corrected chi connectivity index (χ3v) is 13.8. The van der Waals surface area contributed by atoms with Gasteiger partial charge in [0.1, 0.15) is 11.5 Å². The van der Waals surface area contributed by atoms with E-state index in [1.165, 1.54) is 140 Å². The van der Waals surface area contributed by atoms with Crippen molar-refractivity contribution in [3.63, 3.8) is 0 Å². The van der Waals surface area contributed by atoms with E-state index >= 15 is 0 Å². The van der Waals surface area contributed by atoms with E-state index in [4.69, 9.17) is 20.9 Å². The molecule has 3 aromatic carbocycles. The van der Waals surface area contributed by atoms with Crippen molar-refractivity contribution in [1.82, 2.24) is 0 Å². The summed E-state index contributed by atoms with van der Waals surface area (Å²) in [6, 6.07) is 19.5. The van der Waals surface area contributed by atoms with Crippen LogP contribution >= 0.6 is 0 Å². The van der Waals surface area contributed by atoms with E-state index in [2.05, 4.69) is 13.2 Å². The van der Waals surface area contributed by atoms with E-state index in [0.29, 0.717) is 36.3 Å². The van der Waals surface area contributed by atoms with Crippen molar-refractivity contribution in [2.75, 3.05) is 24.7 Å². The summed E-state index contributed by atoms with van der Waals surface area (Å²) in [5.41, 5.74) is 14.5. The van der Waals surface area contributed by atoms with E-state index in [-0.39, 0.29) is 17.7 Å². The standard InChI is InChI=1S/C57H78N2O6/c1-3-5-7-9-11-13-15-43-17-21-47(22-18-43)41-64-51-33-26-45(27-34-51)25-32-50(60)40-54(53-37-31-49(58)39-55(53)59)57(62,63)56(61)38-30-46-28-35-52(36-29-46)65-42-48-23-19-44(20-24-48)16-14-12-10-8-6-4-2/h3-4,25-39,43-44,47-48,54,62-63H,1-2,5-24,40-42,58-59H2. The highest BCUT2D eigenvalue weighted by Gasteiger charge is 2.43. The first kappa shape index (κ1) is 51.1. The fraction of sp³-hybridized carbons (Fsp3) is 0.509. The number of aliphatic hydroxyl groups is 2. The van der Waals surface area contributed by atoms with Gasteiger partial charge in [-0.1, -0.05) is 132 Å². The fourth-order valence-corrected chi connectivity index (χ4v) is 9.61. The Hall–Kier alpha value is -4.92. The lowest BCUT2D eigenvalue weighted by Crippen LogP contribution is -2.44. The Morgan fingerprint density at radius 2 is 1.06 bits per heavy atom. The summed E-state index contributed by atoms with van der Waals surface area (Å²) in [6.45, 7) is 9.01. The Morgan fingerprint density at radius 1 is 0.615 bits per heavy atom. The highest BCUT2D eigenvalue weighted by atomic mass is 16.5. The van der Waals surface area contributed by atoms with Gasteiger partial charge >= 0.3 is 0 Å². The Bertz CT molecular complexity index is 1950. The van der Waals surface area contributed by atoms with E-state index in [9.17, 15) is 19.8 Å². The zero-order chi connectivity index (χ0) is 46.3. The van der Waals surface area contributed by atoms with Gasteiger partial charge in [-0.15, -0.1) is 13.2 Å². The largest absolute Gasteiger partial charge is 0.493 e. The van der Waals surface area contributed by atoms with Gasteiger partial charge in [-0.3, -0.25) is 9.59 Å². The van der Waals surface area contributed by atoms with Crippen LogP contribution in [0.4, 0.5) is 11.4 Å². The summed E-state index contributed by atoms with van der Waals surface area (Å²) in [5.74, 6) is -1.35. The van der Waals surface area contributed by atoms with Crippen molar-refractivity contribution in [1.29, 1.82) is 0 Å². The molecule has 0 aliphatic heterocycles. The van der Waals surface area contributed by atoms with Gasteiger partial charge < -0.3 is 31.2 Å². The summed E-state index contributed by atoms with van der Waals surface area (Å²) in [4.78, 5) is 27.0. The molecule has 352 valence electrons. The summed E-state index contributed by atoms with van der Waals surface area (Å²) in [7, 11) is 0. The van der Waals surface area contributed by atoms with Crippen molar-refractivity contribution < 1.29 is 29.3 Å². The number of allylic oxidation sites excluding steroid dienone is 3. The maximum absolute atomic E-state index is 13.5. The van der Waals surface area contributed by atoms with Gasteiger partial charge in [-0.05, 0) is 140 Å². The smallest absolute Gasteiger partial charge is 0.235 e. The fourth-order valence-electron chi connectivity index (χ4n) is 9.61. The van der Waals surface area contributed by atoms with Gasteiger partial charge in [0.05, 0.1) is 19.1 Å². The summed E-state index contributed by atoms with van der Waals surface area (Å²) in [6.07, 6.45) is 34.6. The number of rotatable bonds is 29. The van der Waals surface area contributed by atoms with Gasteiger partial charge in [0.25, 0.3) is 0 Å². The van der Waals surface area contributed by atoms with Gasteiger partial charge in [0.15, 0.2) is 5.78 Å². The predicted octanol–water partition coefficient (Wildman–Crippen LogP) is 13.0. The molecule has 1 unspecified atom stereocenters. The number of carbonyl (C=O) groups excluding carboxylic acids is 2. The Labute approximate surface area is 390 Å². The minimum atomic E-state index is -2.94. The second-order valence-corrected chi connectivity index (χ2v) is 19.0. The number of anilines is 2. The molecule has 1 atom stereocenters. The van der Waals surface area contributed by atoms with Crippen LogP contribution in [-0.4, -0.2) is 40.8 Å². The van der Waals surface area contributed by atoms with Crippen molar-refractivity contribution in [2.24, 2.45) is 23.7 Å². The predicted molar refractivity (Wildman–Crippen MR) is 268 cm³/mol. The number of hydrogen-bond donors (Lipinski definition) is 4. The third kappa shape index (κ3) is 17.8. The summed E-state index contributed by atoms with van der Waals surface area (Å²) >= 11 is 0. The van der Waals surface area contributed by atoms with E-state index in [0.717, 1.165) is 47.8 Å². The number of hydrogen-bond acceptors (Lipinski definition) is 8. The average Bonchev–Trinajstić information content (AvgIpc) is 3.31. The number of benzene rings is 3. The molecule has 6 N–H and O–H groups in total. The number of nitrogen functional groups attached to an aromatic ring is 2. The Kier molecular flexibility index (Phi) is 21.6. The van der Waals surface area contributed by atoms with Gasteiger partial charge in [0.2, 0.25) is 11.6 Å². The first-order valence-electron chi connectivity index (χ1n) is 24.7. The number of ether oxygens (including phenoxy) is 2. The lowest BCUT2D eigenvalue weighted by molar-refractivity contribution is -0.187. The molecular formula is C57H78N2O6. The van der Waals surface area contributed by atoms with Crippen molar-refractivity contribution in [3.05, 3.63) is 121 Å². The van der Waals surface area contributed by atoms with Crippen LogP contribution in [0.2, 0.25) is 0 Å². The second kappa shape index (κ2) is 27.5. The maximum atomic E-state index is 13.5. The highest BCUT2D eigenvalue weighted by Crippen LogP contribution is 2.37. The number of nitrogens with two attached hydrogens (primary N) is 2. The number of carbonyl (C=O) groups is 2. The highest BCUT2D eigenvalue weighted by molar-refractivity contribution is 6.01. The van der Waals surface area contributed by atoms with Crippen molar-refractivity contribution >= 4 is 35.1 Å². The van der Waals surface area contributed by atoms with Crippen molar-refractivity contribution in [3.8, 4) is 11.5 Å². The minimum absolute atomic E-state index is 0.152. The molecule has 5 rings (SSSR count). The van der Waals surface area contributed by atoms with Crippen molar-refractivity contribution in [2.45, 2.75) is 147 Å². The lowest BCUT2D eigenvalue weighted by atomic mass is 9.80. The molecule has 8 nitrogen and oxygen atoms in total. The monoisotopic (exact) mass is 887 g/mol. The number of unbranched alkanes of at least 4 members (excludes halogenated alkanes) is 8. The maximum Gasteiger partial charge on any atom is 0.235 e. The van der Waals surface area contributed by atoms with Crippen LogP contribution in [0.5, 0.6) is 11.5 Å². The molecule has 2 aliphatic carbocycles. The molecule has 0 saturated heterocycles. The Balaban J connectivity index is 1.08. The van der Waals surface area contributed by atoms with E-state index < -0.39 is 23.3 Å². The normalized spacial score (nSPS) is 19.5. The van der Waals surface area contributed by atoms with Crippen LogP contribution in [0.3, 0.4) is 0 Å². The molecule has 2 saturated carbocycles. The topological polar surface area (TPSA) is 145 Å². The lowest BCUT2D eigenvalue weighted by Gasteiger charge is -2.30. The van der Waals surface area contributed by atoms with Crippen LogP contribution in [0.1, 0.15) is 157 Å². The van der Waals surface area contributed by atoms with Gasteiger partial charge in [-0.25, -0.2) is 0 Å². The molecule has 3 aromatic rings. The average molecular weight is 887 g/mol. The first-order valence-corrected chi connectivity index (χ1v) is 24.7. The van der Waals surface area contributed by atoms with E-state index in [1.54, 1.807) is 12.1 Å². The van der Waals surface area contributed by atoms with Gasteiger partial charge in [-0.2, -0.15) is 0 Å². The minimum Gasteiger partial charge on any atom is -0.493 e. The second-order valence-electron chi connectivity index (χ2n) is 19.0. The molecule has 2 fully saturated rings. The molecule has 0 aromatic heterocycles.